The lowest BCUT2D eigenvalue weighted by atomic mass is 10.1. The molecule has 1 aromatic carbocycles. The van der Waals surface area contributed by atoms with Gasteiger partial charge in [-0.25, -0.2) is 19.2 Å². The molecule has 2 amide bonds. The Morgan fingerprint density at radius 3 is 2.67 bits per heavy atom. The number of nitrogens with zero attached hydrogens (tertiary/aromatic N) is 4. The Balaban J connectivity index is 1.51. The van der Waals surface area contributed by atoms with Crippen LogP contribution in [0.4, 0.5) is 20.8 Å². The van der Waals surface area contributed by atoms with E-state index < -0.39 is 11.7 Å². The first-order chi connectivity index (χ1) is 19.1. The van der Waals surface area contributed by atoms with Crippen molar-refractivity contribution < 1.29 is 18.7 Å². The maximum absolute atomic E-state index is 13.6. The second-order valence-corrected chi connectivity index (χ2v) is 10.1. The van der Waals surface area contributed by atoms with Gasteiger partial charge in [0, 0.05) is 43.7 Å². The summed E-state index contributed by atoms with van der Waals surface area (Å²) in [6.45, 7) is 5.90. The molecule has 0 radical (unpaired) electrons. The Labute approximate surface area is 232 Å². The largest absolute Gasteiger partial charge is 0.443 e. The summed E-state index contributed by atoms with van der Waals surface area (Å²) >= 11 is 0. The van der Waals surface area contributed by atoms with E-state index in [0.717, 1.165) is 11.1 Å². The van der Waals surface area contributed by atoms with Gasteiger partial charge in [-0.3, -0.25) is 14.8 Å². The molecule has 0 atom stereocenters. The van der Waals surface area contributed by atoms with Gasteiger partial charge in [0.1, 0.15) is 23.1 Å². The van der Waals surface area contributed by atoms with Gasteiger partial charge in [-0.2, -0.15) is 5.10 Å². The van der Waals surface area contributed by atoms with Gasteiger partial charge in [0.15, 0.2) is 0 Å². The van der Waals surface area contributed by atoms with E-state index in [4.69, 9.17) is 4.74 Å². The maximum Gasteiger partial charge on any atom is 0.415 e. The number of hydrogen-bond acceptors (Lipinski definition) is 7. The Bertz CT molecular complexity index is 1470. The SMILES string of the molecule is CN(C(=O)OC(C)(C)C)c1ncccc1CNC(=O)c1ccc(-c2cn[nH]c2)nc1NCCc1cccc(F)c1. The van der Waals surface area contributed by atoms with Crippen LogP contribution in [0, 0.1) is 5.82 Å². The summed E-state index contributed by atoms with van der Waals surface area (Å²) in [7, 11) is 1.57. The van der Waals surface area contributed by atoms with Crippen LogP contribution in [0.25, 0.3) is 11.3 Å². The first-order valence-corrected chi connectivity index (χ1v) is 12.8. The number of amides is 2. The van der Waals surface area contributed by atoms with E-state index in [-0.39, 0.29) is 18.3 Å². The molecule has 0 saturated carbocycles. The second kappa shape index (κ2) is 12.4. The highest BCUT2D eigenvalue weighted by Crippen LogP contribution is 2.23. The van der Waals surface area contributed by atoms with Crippen molar-refractivity contribution in [2.24, 2.45) is 0 Å². The minimum Gasteiger partial charge on any atom is -0.443 e. The molecule has 4 aromatic rings. The predicted octanol–water partition coefficient (Wildman–Crippen LogP) is 4.96. The van der Waals surface area contributed by atoms with Crippen molar-refractivity contribution in [1.29, 1.82) is 0 Å². The van der Waals surface area contributed by atoms with Gasteiger partial charge in [0.2, 0.25) is 0 Å². The zero-order valence-electron chi connectivity index (χ0n) is 22.9. The fourth-order valence-corrected chi connectivity index (χ4v) is 3.90. The standard InChI is InChI=1S/C29H32FN7O3/c1-29(2,3)40-28(39)37(4)26-20(8-6-13-32-26)16-33-27(38)23-10-11-24(21-17-34-35-18-21)36-25(23)31-14-12-19-7-5-9-22(30)15-19/h5-11,13,15,17-18H,12,14,16H2,1-4H3,(H,31,36)(H,33,38)(H,34,35). The Morgan fingerprint density at radius 2 is 1.95 bits per heavy atom. The van der Waals surface area contributed by atoms with Crippen LogP contribution in [-0.4, -0.2) is 51.4 Å². The van der Waals surface area contributed by atoms with Crippen LogP contribution in [-0.2, 0) is 17.7 Å². The first-order valence-electron chi connectivity index (χ1n) is 12.8. The number of anilines is 2. The van der Waals surface area contributed by atoms with Crippen molar-refractivity contribution in [1.82, 2.24) is 25.5 Å². The van der Waals surface area contributed by atoms with Gasteiger partial charge in [-0.1, -0.05) is 18.2 Å². The molecule has 0 spiro atoms. The summed E-state index contributed by atoms with van der Waals surface area (Å²) in [5, 5.41) is 12.9. The fourth-order valence-electron chi connectivity index (χ4n) is 3.90. The van der Waals surface area contributed by atoms with Crippen LogP contribution in [0.5, 0.6) is 0 Å². The molecule has 0 bridgehead atoms. The predicted molar refractivity (Wildman–Crippen MR) is 150 cm³/mol. The maximum atomic E-state index is 13.6. The third kappa shape index (κ3) is 7.40. The molecule has 3 heterocycles. The number of H-pyrrole nitrogens is 1. The van der Waals surface area contributed by atoms with Gasteiger partial charge < -0.3 is 15.4 Å². The Kier molecular flexibility index (Phi) is 8.73. The number of aromatic nitrogens is 4. The van der Waals surface area contributed by atoms with Crippen molar-refractivity contribution in [3.05, 3.63) is 89.6 Å². The van der Waals surface area contributed by atoms with Gasteiger partial charge >= 0.3 is 6.09 Å². The van der Waals surface area contributed by atoms with Crippen LogP contribution >= 0.6 is 0 Å². The van der Waals surface area contributed by atoms with Crippen LogP contribution in [0.15, 0.2) is 67.1 Å². The Hall–Kier alpha value is -4.80. The second-order valence-electron chi connectivity index (χ2n) is 10.1. The van der Waals surface area contributed by atoms with E-state index >= 15 is 0 Å². The Morgan fingerprint density at radius 1 is 1.12 bits per heavy atom. The molecule has 0 fully saturated rings. The minimum absolute atomic E-state index is 0.112. The summed E-state index contributed by atoms with van der Waals surface area (Å²) in [5.74, 6) is 0.0859. The number of hydrogen-bond donors (Lipinski definition) is 3. The van der Waals surface area contributed by atoms with E-state index in [1.807, 2.05) is 6.07 Å². The first kappa shape index (κ1) is 28.2. The number of carbonyl (C=O) groups is 2. The number of rotatable bonds is 9. The zero-order chi connectivity index (χ0) is 28.7. The quantitative estimate of drug-likeness (QED) is 0.271. The van der Waals surface area contributed by atoms with Gasteiger partial charge in [0.25, 0.3) is 5.91 Å². The molecule has 40 heavy (non-hydrogen) atoms. The smallest absolute Gasteiger partial charge is 0.415 e. The normalized spacial score (nSPS) is 11.1. The molecule has 0 saturated heterocycles. The lowest BCUT2D eigenvalue weighted by Gasteiger charge is -2.25. The molecule has 0 aliphatic rings. The number of pyridine rings is 2. The van der Waals surface area contributed by atoms with Gasteiger partial charge in [-0.05, 0) is 63.1 Å². The van der Waals surface area contributed by atoms with Crippen molar-refractivity contribution in [2.75, 3.05) is 23.8 Å². The number of ether oxygens (including phenoxy) is 1. The summed E-state index contributed by atoms with van der Waals surface area (Å²) in [6.07, 6.45) is 4.91. The topological polar surface area (TPSA) is 125 Å². The highest BCUT2D eigenvalue weighted by molar-refractivity contribution is 5.99. The molecule has 0 aliphatic heterocycles. The average molecular weight is 546 g/mol. The summed E-state index contributed by atoms with van der Waals surface area (Å²) in [5.41, 5.74) is 2.52. The van der Waals surface area contributed by atoms with E-state index in [0.29, 0.717) is 41.4 Å². The van der Waals surface area contributed by atoms with E-state index in [1.54, 1.807) is 76.7 Å². The van der Waals surface area contributed by atoms with E-state index in [9.17, 15) is 14.0 Å². The molecule has 0 unspecified atom stereocenters. The molecule has 208 valence electrons. The lowest BCUT2D eigenvalue weighted by molar-refractivity contribution is 0.0588. The van der Waals surface area contributed by atoms with Crippen LogP contribution in [0.2, 0.25) is 0 Å². The van der Waals surface area contributed by atoms with Crippen molar-refractivity contribution >= 4 is 23.6 Å². The highest BCUT2D eigenvalue weighted by Gasteiger charge is 2.23. The molecule has 10 nitrogen and oxygen atoms in total. The minimum atomic E-state index is -0.664. The molecule has 0 aliphatic carbocycles. The van der Waals surface area contributed by atoms with Crippen molar-refractivity contribution in [2.45, 2.75) is 39.3 Å². The number of benzene rings is 1. The summed E-state index contributed by atoms with van der Waals surface area (Å²) in [6, 6.07) is 13.3. The van der Waals surface area contributed by atoms with Gasteiger partial charge in [-0.15, -0.1) is 0 Å². The number of carbonyl (C=O) groups excluding carboxylic acids is 2. The summed E-state index contributed by atoms with van der Waals surface area (Å²) in [4.78, 5) is 36.2. The monoisotopic (exact) mass is 545 g/mol. The molecular formula is C29H32FN7O3. The lowest BCUT2D eigenvalue weighted by Crippen LogP contribution is -2.35. The third-order valence-corrected chi connectivity index (χ3v) is 5.82. The highest BCUT2D eigenvalue weighted by atomic mass is 19.1. The van der Waals surface area contributed by atoms with Crippen LogP contribution in [0.3, 0.4) is 0 Å². The molecule has 3 N–H and O–H groups in total. The third-order valence-electron chi connectivity index (χ3n) is 5.82. The zero-order valence-corrected chi connectivity index (χ0v) is 22.9. The van der Waals surface area contributed by atoms with Crippen LogP contribution in [0.1, 0.15) is 42.3 Å². The number of nitrogens with one attached hydrogen (secondary N) is 3. The molecule has 4 rings (SSSR count). The van der Waals surface area contributed by atoms with Gasteiger partial charge in [0.05, 0.1) is 17.5 Å². The van der Waals surface area contributed by atoms with Crippen LogP contribution < -0.4 is 15.5 Å². The van der Waals surface area contributed by atoms with Crippen molar-refractivity contribution in [3.63, 3.8) is 0 Å². The number of halogens is 1. The molecular weight excluding hydrogens is 513 g/mol. The fraction of sp³-hybridized carbons (Fsp3) is 0.276. The van der Waals surface area contributed by atoms with Crippen molar-refractivity contribution in [3.8, 4) is 11.3 Å². The van der Waals surface area contributed by atoms with E-state index in [1.165, 1.54) is 17.0 Å². The summed E-state index contributed by atoms with van der Waals surface area (Å²) < 4.78 is 19.0. The number of aromatic amines is 1. The van der Waals surface area contributed by atoms with E-state index in [2.05, 4.69) is 30.8 Å². The molecule has 3 aromatic heterocycles. The molecule has 11 heteroatoms. The average Bonchev–Trinajstić information content (AvgIpc) is 3.46.